The summed E-state index contributed by atoms with van der Waals surface area (Å²) < 4.78 is 18.0. The maximum Gasteiger partial charge on any atom is 0.262 e. The number of anilines is 1. The summed E-state index contributed by atoms with van der Waals surface area (Å²) in [5.74, 6) is 1.54. The van der Waals surface area contributed by atoms with E-state index in [9.17, 15) is 4.79 Å². The van der Waals surface area contributed by atoms with E-state index in [-0.39, 0.29) is 11.9 Å². The average molecular weight is 421 g/mol. The molecule has 9 heteroatoms. The van der Waals surface area contributed by atoms with Crippen LogP contribution in [0.2, 0.25) is 0 Å². The third kappa shape index (κ3) is 3.31. The van der Waals surface area contributed by atoms with Crippen LogP contribution in [0.3, 0.4) is 0 Å². The second-order valence-electron chi connectivity index (χ2n) is 7.55. The number of fused-ring (bicyclic) bond motifs is 1. The Labute approximate surface area is 179 Å². The highest BCUT2D eigenvalue weighted by atomic mass is 16.5. The van der Waals surface area contributed by atoms with Crippen LogP contribution >= 0.6 is 0 Å². The van der Waals surface area contributed by atoms with Crippen molar-refractivity contribution in [3.63, 3.8) is 0 Å². The minimum atomic E-state index is -0.0791. The fraction of sp³-hybridized carbons (Fsp3) is 0.364. The SMILES string of the molecule is CCOc1cc(-c2cc(C)c3c(n2)CN(c2ccn(C4COC4)n2)C3=O)cnc1OC. The van der Waals surface area contributed by atoms with Gasteiger partial charge in [0.1, 0.15) is 0 Å². The number of aromatic nitrogens is 4. The van der Waals surface area contributed by atoms with Crippen molar-refractivity contribution < 1.29 is 19.0 Å². The predicted molar refractivity (Wildman–Crippen MR) is 113 cm³/mol. The van der Waals surface area contributed by atoms with Crippen LogP contribution in [0.4, 0.5) is 5.82 Å². The molecule has 1 saturated heterocycles. The summed E-state index contributed by atoms with van der Waals surface area (Å²) in [6.45, 7) is 6.02. The third-order valence-corrected chi connectivity index (χ3v) is 5.53. The molecule has 2 aliphatic rings. The quantitative estimate of drug-likeness (QED) is 0.604. The lowest BCUT2D eigenvalue weighted by Gasteiger charge is -2.26. The summed E-state index contributed by atoms with van der Waals surface area (Å²) in [6.07, 6.45) is 3.59. The first kappa shape index (κ1) is 19.5. The van der Waals surface area contributed by atoms with Crippen LogP contribution in [0.15, 0.2) is 30.6 Å². The Kier molecular flexibility index (Phi) is 4.82. The number of carbonyl (C=O) groups excluding carboxylic acids is 1. The Bertz CT molecular complexity index is 1150. The van der Waals surface area contributed by atoms with Gasteiger partial charge in [0.25, 0.3) is 11.8 Å². The van der Waals surface area contributed by atoms with Gasteiger partial charge in [0, 0.05) is 24.0 Å². The minimum Gasteiger partial charge on any atom is -0.488 e. The number of hydrogen-bond acceptors (Lipinski definition) is 7. The van der Waals surface area contributed by atoms with E-state index < -0.39 is 0 Å². The van der Waals surface area contributed by atoms with Gasteiger partial charge in [-0.3, -0.25) is 19.4 Å². The van der Waals surface area contributed by atoms with E-state index in [4.69, 9.17) is 19.2 Å². The van der Waals surface area contributed by atoms with Gasteiger partial charge in [-0.2, -0.15) is 5.10 Å². The molecule has 5 heterocycles. The van der Waals surface area contributed by atoms with Crippen molar-refractivity contribution in [3.8, 4) is 22.9 Å². The van der Waals surface area contributed by atoms with E-state index in [0.717, 1.165) is 22.5 Å². The summed E-state index contributed by atoms with van der Waals surface area (Å²) in [6, 6.07) is 5.87. The van der Waals surface area contributed by atoms with E-state index >= 15 is 0 Å². The first-order valence-corrected chi connectivity index (χ1v) is 10.2. The molecule has 0 N–H and O–H groups in total. The van der Waals surface area contributed by atoms with E-state index in [1.165, 1.54) is 0 Å². The number of rotatable bonds is 6. The number of ether oxygens (including phenoxy) is 3. The van der Waals surface area contributed by atoms with Crippen molar-refractivity contribution in [3.05, 3.63) is 47.4 Å². The molecule has 0 unspecified atom stereocenters. The van der Waals surface area contributed by atoms with Gasteiger partial charge >= 0.3 is 0 Å². The molecule has 0 aliphatic carbocycles. The molecule has 9 nitrogen and oxygen atoms in total. The minimum absolute atomic E-state index is 0.0791. The molecule has 3 aromatic rings. The Balaban J connectivity index is 1.47. The van der Waals surface area contributed by atoms with Crippen LogP contribution in [0.5, 0.6) is 11.6 Å². The fourth-order valence-corrected chi connectivity index (χ4v) is 3.87. The number of hydrogen-bond donors (Lipinski definition) is 0. The molecule has 1 amide bonds. The Hall–Kier alpha value is -3.46. The van der Waals surface area contributed by atoms with E-state index in [0.29, 0.717) is 49.4 Å². The van der Waals surface area contributed by atoms with Gasteiger partial charge in [0.15, 0.2) is 11.6 Å². The maximum absolute atomic E-state index is 13.1. The van der Waals surface area contributed by atoms with Gasteiger partial charge < -0.3 is 14.2 Å². The van der Waals surface area contributed by atoms with Crippen LogP contribution < -0.4 is 14.4 Å². The van der Waals surface area contributed by atoms with Crippen LogP contribution in [-0.2, 0) is 11.3 Å². The van der Waals surface area contributed by atoms with Crippen LogP contribution in [0.25, 0.3) is 11.3 Å². The first-order chi connectivity index (χ1) is 15.1. The molecular formula is C22H23N5O4. The Morgan fingerprint density at radius 3 is 2.84 bits per heavy atom. The zero-order valence-corrected chi connectivity index (χ0v) is 17.7. The molecule has 1 fully saturated rings. The third-order valence-electron chi connectivity index (χ3n) is 5.53. The largest absolute Gasteiger partial charge is 0.488 e. The first-order valence-electron chi connectivity index (χ1n) is 10.2. The van der Waals surface area contributed by atoms with Crippen molar-refractivity contribution in [2.75, 3.05) is 31.8 Å². The Morgan fingerprint density at radius 2 is 2.13 bits per heavy atom. The van der Waals surface area contributed by atoms with Crippen molar-refractivity contribution >= 4 is 11.7 Å². The predicted octanol–water partition coefficient (Wildman–Crippen LogP) is 2.79. The maximum atomic E-state index is 13.1. The van der Waals surface area contributed by atoms with E-state index in [1.807, 2.05) is 42.9 Å². The van der Waals surface area contributed by atoms with Gasteiger partial charge in [0.2, 0.25) is 0 Å². The normalized spacial score (nSPS) is 15.7. The molecule has 0 saturated carbocycles. The number of nitrogens with zero attached hydrogens (tertiary/aromatic N) is 5. The molecule has 5 rings (SSSR count). The zero-order chi connectivity index (χ0) is 21.5. The molecular weight excluding hydrogens is 398 g/mol. The summed E-state index contributed by atoms with van der Waals surface area (Å²) in [5, 5.41) is 4.58. The summed E-state index contributed by atoms with van der Waals surface area (Å²) in [5.41, 5.74) is 3.77. The smallest absolute Gasteiger partial charge is 0.262 e. The number of methoxy groups -OCH3 is 1. The monoisotopic (exact) mass is 421 g/mol. The number of aryl methyl sites for hydroxylation is 1. The van der Waals surface area contributed by atoms with E-state index in [2.05, 4.69) is 10.1 Å². The molecule has 0 atom stereocenters. The highest BCUT2D eigenvalue weighted by Gasteiger charge is 2.34. The Morgan fingerprint density at radius 1 is 1.29 bits per heavy atom. The van der Waals surface area contributed by atoms with E-state index in [1.54, 1.807) is 18.2 Å². The standard InChI is InChI=1S/C22H23N5O4/c1-4-31-18-8-14(9-23-21(18)29-3)16-7-13(2)20-17(24-16)10-26(22(20)28)19-5-6-27(25-19)15-11-30-12-15/h5-9,15H,4,10-12H2,1-3H3. The molecule has 0 radical (unpaired) electrons. The molecule has 0 aromatic carbocycles. The molecule has 0 bridgehead atoms. The highest BCUT2D eigenvalue weighted by molar-refractivity contribution is 6.10. The molecule has 3 aromatic heterocycles. The molecule has 160 valence electrons. The number of carbonyl (C=O) groups is 1. The lowest BCUT2D eigenvalue weighted by molar-refractivity contribution is -0.0285. The van der Waals surface area contributed by atoms with Gasteiger partial charge in [-0.1, -0.05) is 0 Å². The van der Waals surface area contributed by atoms with Crippen molar-refractivity contribution in [1.82, 2.24) is 19.7 Å². The highest BCUT2D eigenvalue weighted by Crippen LogP contribution is 2.34. The topological polar surface area (TPSA) is 91.6 Å². The second-order valence-corrected chi connectivity index (χ2v) is 7.55. The van der Waals surface area contributed by atoms with Crippen LogP contribution in [0, 0.1) is 6.92 Å². The molecule has 0 spiro atoms. The van der Waals surface area contributed by atoms with Gasteiger partial charge in [-0.05, 0) is 31.5 Å². The van der Waals surface area contributed by atoms with Gasteiger partial charge in [-0.15, -0.1) is 0 Å². The average Bonchev–Trinajstić information content (AvgIpc) is 3.31. The van der Waals surface area contributed by atoms with Crippen molar-refractivity contribution in [2.45, 2.75) is 26.4 Å². The summed E-state index contributed by atoms with van der Waals surface area (Å²) in [4.78, 5) is 23.9. The summed E-state index contributed by atoms with van der Waals surface area (Å²) in [7, 11) is 1.56. The molecule has 2 aliphatic heterocycles. The number of amides is 1. The van der Waals surface area contributed by atoms with Crippen molar-refractivity contribution in [1.29, 1.82) is 0 Å². The molecule has 31 heavy (non-hydrogen) atoms. The lowest BCUT2D eigenvalue weighted by atomic mass is 10.1. The van der Waals surface area contributed by atoms with Crippen molar-refractivity contribution in [2.24, 2.45) is 0 Å². The lowest BCUT2D eigenvalue weighted by Crippen LogP contribution is -2.31. The summed E-state index contributed by atoms with van der Waals surface area (Å²) >= 11 is 0. The van der Waals surface area contributed by atoms with Crippen LogP contribution in [-0.4, -0.2) is 52.6 Å². The second kappa shape index (κ2) is 7.66. The van der Waals surface area contributed by atoms with Gasteiger partial charge in [-0.25, -0.2) is 4.98 Å². The van der Waals surface area contributed by atoms with Gasteiger partial charge in [0.05, 0.1) is 56.5 Å². The zero-order valence-electron chi connectivity index (χ0n) is 17.7. The fourth-order valence-electron chi connectivity index (χ4n) is 3.87. The van der Waals surface area contributed by atoms with Crippen LogP contribution in [0.1, 0.15) is 34.6 Å². The number of pyridine rings is 2.